The van der Waals surface area contributed by atoms with Crippen LogP contribution >= 0.6 is 0 Å². The highest BCUT2D eigenvalue weighted by Crippen LogP contribution is 2.56. The monoisotopic (exact) mass is 536 g/mol. The summed E-state index contributed by atoms with van der Waals surface area (Å²) in [6.07, 6.45) is 6.43. The summed E-state index contributed by atoms with van der Waals surface area (Å²) in [6.45, 7) is 0. The van der Waals surface area contributed by atoms with Gasteiger partial charge in [0.15, 0.2) is 0 Å². The highest BCUT2D eigenvalue weighted by atomic mass is 14.4. The van der Waals surface area contributed by atoms with Crippen molar-refractivity contribution in [1.29, 1.82) is 0 Å². The van der Waals surface area contributed by atoms with Crippen molar-refractivity contribution in [1.82, 2.24) is 0 Å². The first-order valence-electron chi connectivity index (χ1n) is 15.5. The molecular weight excluding hydrogens is 504 g/mol. The molecule has 7 aromatic carbocycles. The second-order valence-electron chi connectivity index (χ2n) is 12.3. The minimum absolute atomic E-state index is 0.112. The zero-order chi connectivity index (χ0) is 27.7. The molecule has 42 heavy (non-hydrogen) atoms. The zero-order valence-electron chi connectivity index (χ0n) is 23.7. The van der Waals surface area contributed by atoms with Gasteiger partial charge in [-0.2, -0.15) is 0 Å². The molecule has 0 bridgehead atoms. The highest BCUT2D eigenvalue weighted by molar-refractivity contribution is 6.24. The van der Waals surface area contributed by atoms with E-state index in [1.165, 1.54) is 97.8 Å². The molecule has 1 fully saturated rings. The Labute approximate surface area is 247 Å². The summed E-state index contributed by atoms with van der Waals surface area (Å²) in [5, 5.41) is 8.11. The van der Waals surface area contributed by atoms with Crippen LogP contribution < -0.4 is 0 Å². The van der Waals surface area contributed by atoms with Gasteiger partial charge in [0.05, 0.1) is 0 Å². The molecule has 1 spiro atoms. The van der Waals surface area contributed by atoms with E-state index in [-0.39, 0.29) is 5.41 Å². The molecule has 0 unspecified atom stereocenters. The minimum atomic E-state index is 0.112. The maximum Gasteiger partial charge on any atom is 0.0215 e. The Morgan fingerprint density at radius 1 is 0.357 bits per heavy atom. The van der Waals surface area contributed by atoms with Gasteiger partial charge in [0, 0.05) is 5.41 Å². The molecule has 2 aliphatic rings. The number of hydrogen-bond donors (Lipinski definition) is 0. The average molecular weight is 537 g/mol. The lowest BCUT2D eigenvalue weighted by atomic mass is 9.60. The fourth-order valence-corrected chi connectivity index (χ4v) is 8.56. The lowest BCUT2D eigenvalue weighted by Gasteiger charge is -2.43. The quantitative estimate of drug-likeness (QED) is 0.193. The van der Waals surface area contributed by atoms with Crippen LogP contribution in [0.2, 0.25) is 0 Å². The lowest BCUT2D eigenvalue weighted by Crippen LogP contribution is -2.33. The van der Waals surface area contributed by atoms with E-state index in [1.807, 2.05) is 0 Å². The van der Waals surface area contributed by atoms with Gasteiger partial charge in [-0.1, -0.05) is 153 Å². The van der Waals surface area contributed by atoms with Crippen LogP contribution in [0, 0.1) is 0 Å². The Balaban J connectivity index is 1.42. The normalized spacial score (nSPS) is 15.3. The van der Waals surface area contributed by atoms with E-state index in [0.717, 1.165) is 0 Å². The molecule has 9 rings (SSSR count). The predicted octanol–water partition coefficient (Wildman–Crippen LogP) is 11.7. The van der Waals surface area contributed by atoms with Gasteiger partial charge in [0.2, 0.25) is 0 Å². The molecule has 0 saturated heterocycles. The topological polar surface area (TPSA) is 0 Å². The minimum Gasteiger partial charge on any atom is -0.0622 e. The largest absolute Gasteiger partial charge is 0.0622 e. The average Bonchev–Trinajstić information content (AvgIpc) is 3.07. The summed E-state index contributed by atoms with van der Waals surface area (Å²) in [5.41, 5.74) is 11.3. The van der Waals surface area contributed by atoms with Gasteiger partial charge in [-0.25, -0.2) is 0 Å². The Hall–Kier alpha value is -4.68. The van der Waals surface area contributed by atoms with Crippen molar-refractivity contribution in [3.8, 4) is 33.4 Å². The first-order chi connectivity index (χ1) is 20.9. The van der Waals surface area contributed by atoms with E-state index in [9.17, 15) is 0 Å². The Morgan fingerprint density at radius 2 is 0.905 bits per heavy atom. The molecular formula is C42H32. The highest BCUT2D eigenvalue weighted by Gasteiger charge is 2.41. The van der Waals surface area contributed by atoms with E-state index in [0.29, 0.717) is 0 Å². The maximum absolute atomic E-state index is 2.45. The third-order valence-corrected chi connectivity index (χ3v) is 10.3. The molecule has 0 nitrogen and oxygen atoms in total. The van der Waals surface area contributed by atoms with Crippen molar-refractivity contribution in [2.75, 3.05) is 0 Å². The van der Waals surface area contributed by atoms with E-state index >= 15 is 0 Å². The molecule has 0 heteroatoms. The van der Waals surface area contributed by atoms with Gasteiger partial charge in [-0.3, -0.25) is 0 Å². The second-order valence-corrected chi connectivity index (χ2v) is 12.3. The molecule has 1 saturated carbocycles. The molecule has 0 aromatic heterocycles. The molecule has 2 aliphatic carbocycles. The zero-order valence-corrected chi connectivity index (χ0v) is 23.7. The first-order valence-corrected chi connectivity index (χ1v) is 15.5. The number of rotatable bonds is 2. The fourth-order valence-electron chi connectivity index (χ4n) is 8.56. The Morgan fingerprint density at radius 3 is 1.62 bits per heavy atom. The van der Waals surface area contributed by atoms with E-state index in [1.54, 1.807) is 11.1 Å². The molecule has 0 N–H and O–H groups in total. The third-order valence-electron chi connectivity index (χ3n) is 10.3. The molecule has 0 aliphatic heterocycles. The van der Waals surface area contributed by atoms with Crippen LogP contribution in [-0.2, 0) is 5.41 Å². The van der Waals surface area contributed by atoms with Crippen LogP contribution in [0.25, 0.3) is 65.7 Å². The number of benzene rings is 7. The van der Waals surface area contributed by atoms with Crippen LogP contribution in [0.5, 0.6) is 0 Å². The molecule has 200 valence electrons. The van der Waals surface area contributed by atoms with E-state index in [4.69, 9.17) is 0 Å². The fraction of sp³-hybridized carbons (Fsp3) is 0.143. The standard InChI is InChI=1S/C42H32/c1-3-14-28(15-4-1)39-30-17-5-7-19-32(30)40(33-20-8-6-18-31(33)39)36-25-24-35-29-16-9-10-22-37(29)42(26-11-2-12-27-42)38-23-13-21-34(36)41(35)38/h1,3-10,13-25H,2,11-12,26-27H2. The molecule has 0 amide bonds. The van der Waals surface area contributed by atoms with Crippen molar-refractivity contribution in [2.45, 2.75) is 37.5 Å². The van der Waals surface area contributed by atoms with E-state index in [2.05, 4.69) is 133 Å². The summed E-state index contributed by atoms with van der Waals surface area (Å²) in [5.74, 6) is 0. The van der Waals surface area contributed by atoms with Crippen LogP contribution in [0.1, 0.15) is 43.2 Å². The van der Waals surface area contributed by atoms with Gasteiger partial charge < -0.3 is 0 Å². The summed E-state index contributed by atoms with van der Waals surface area (Å²) < 4.78 is 0. The van der Waals surface area contributed by atoms with Crippen molar-refractivity contribution >= 4 is 32.3 Å². The summed E-state index contributed by atoms with van der Waals surface area (Å²) >= 11 is 0. The van der Waals surface area contributed by atoms with Gasteiger partial charge >= 0.3 is 0 Å². The van der Waals surface area contributed by atoms with Gasteiger partial charge in [0.25, 0.3) is 0 Å². The Bertz CT molecular complexity index is 2100. The molecule has 0 radical (unpaired) electrons. The van der Waals surface area contributed by atoms with Gasteiger partial charge in [0.1, 0.15) is 0 Å². The van der Waals surface area contributed by atoms with Crippen molar-refractivity contribution in [3.05, 3.63) is 145 Å². The Kier molecular flexibility index (Phi) is 5.23. The number of fused-ring (bicyclic) bond motifs is 6. The summed E-state index contributed by atoms with van der Waals surface area (Å²) in [6, 6.07) is 50.2. The van der Waals surface area contributed by atoms with Crippen LogP contribution in [0.15, 0.2) is 133 Å². The van der Waals surface area contributed by atoms with Crippen LogP contribution in [0.3, 0.4) is 0 Å². The lowest BCUT2D eigenvalue weighted by molar-refractivity contribution is 0.348. The van der Waals surface area contributed by atoms with E-state index < -0.39 is 0 Å². The number of hydrogen-bond acceptors (Lipinski definition) is 0. The van der Waals surface area contributed by atoms with Crippen LogP contribution in [-0.4, -0.2) is 0 Å². The first kappa shape index (κ1) is 24.0. The maximum atomic E-state index is 2.45. The molecule has 0 atom stereocenters. The van der Waals surface area contributed by atoms with Crippen LogP contribution in [0.4, 0.5) is 0 Å². The van der Waals surface area contributed by atoms with Gasteiger partial charge in [-0.15, -0.1) is 0 Å². The predicted molar refractivity (Wildman–Crippen MR) is 179 cm³/mol. The second kappa shape index (κ2) is 9.16. The smallest absolute Gasteiger partial charge is 0.0215 e. The third kappa shape index (κ3) is 3.24. The summed E-state index contributed by atoms with van der Waals surface area (Å²) in [7, 11) is 0. The van der Waals surface area contributed by atoms with Crippen molar-refractivity contribution in [2.24, 2.45) is 0 Å². The molecule has 0 heterocycles. The van der Waals surface area contributed by atoms with Gasteiger partial charge in [-0.05, 0) is 89.7 Å². The van der Waals surface area contributed by atoms with Crippen molar-refractivity contribution < 1.29 is 0 Å². The molecule has 7 aromatic rings. The summed E-state index contributed by atoms with van der Waals surface area (Å²) in [4.78, 5) is 0. The van der Waals surface area contributed by atoms with Crippen molar-refractivity contribution in [3.63, 3.8) is 0 Å². The SMILES string of the molecule is c1ccc(-c2c3ccccc3c(-c3ccc4c5c(cccc35)C3(CCCCC3)c3ccccc3-4)c3ccccc23)cc1.